The van der Waals surface area contributed by atoms with E-state index < -0.39 is 4.92 Å². The predicted octanol–water partition coefficient (Wildman–Crippen LogP) is 2.77. The Labute approximate surface area is 185 Å². The highest BCUT2D eigenvalue weighted by Crippen LogP contribution is 2.27. The van der Waals surface area contributed by atoms with Crippen LogP contribution in [0.3, 0.4) is 0 Å². The lowest BCUT2D eigenvalue weighted by molar-refractivity contribution is -0.386. The van der Waals surface area contributed by atoms with E-state index in [2.05, 4.69) is 10.00 Å². The van der Waals surface area contributed by atoms with Gasteiger partial charge in [-0.3, -0.25) is 24.5 Å². The summed E-state index contributed by atoms with van der Waals surface area (Å²) in [4.78, 5) is 27.5. The van der Waals surface area contributed by atoms with Crippen LogP contribution in [0.1, 0.15) is 27.6 Å². The molecule has 4 rings (SSSR count). The number of piperazine rings is 1. The van der Waals surface area contributed by atoms with Gasteiger partial charge < -0.3 is 14.1 Å². The topological polar surface area (TPSA) is 107 Å². The number of aromatic nitrogens is 2. The zero-order valence-corrected chi connectivity index (χ0v) is 18.1. The first-order chi connectivity index (χ1) is 15.4. The van der Waals surface area contributed by atoms with Crippen molar-refractivity contribution in [2.75, 3.05) is 26.2 Å². The second kappa shape index (κ2) is 9.23. The number of aryl methyl sites for hydroxylation is 2. The summed E-state index contributed by atoms with van der Waals surface area (Å²) in [6.07, 6.45) is 2.03. The molecule has 1 aliphatic rings. The third kappa shape index (κ3) is 4.80. The number of para-hydroxylation sites is 2. The number of amides is 1. The fourth-order valence-corrected chi connectivity index (χ4v) is 3.76. The number of nitrogens with zero attached hydrogens (tertiary/aromatic N) is 5. The number of furan rings is 1. The maximum absolute atomic E-state index is 12.8. The van der Waals surface area contributed by atoms with Crippen LogP contribution in [-0.4, -0.2) is 56.6 Å². The van der Waals surface area contributed by atoms with E-state index in [1.807, 2.05) is 24.9 Å². The molecule has 0 N–H and O–H groups in total. The van der Waals surface area contributed by atoms with Crippen molar-refractivity contribution in [2.24, 2.45) is 7.05 Å². The summed E-state index contributed by atoms with van der Waals surface area (Å²) >= 11 is 0. The van der Waals surface area contributed by atoms with E-state index in [0.717, 1.165) is 25.3 Å². The lowest BCUT2D eigenvalue weighted by atomic mass is 10.2. The number of nitro groups is 1. The van der Waals surface area contributed by atoms with E-state index in [0.29, 0.717) is 18.8 Å². The van der Waals surface area contributed by atoms with Crippen molar-refractivity contribution in [2.45, 2.75) is 20.1 Å². The Balaban J connectivity index is 1.30. The second-order valence-corrected chi connectivity index (χ2v) is 7.76. The standard InChI is InChI=1S/C22H25N5O5/c1-16-17(13-24(2)23-16)14-25-9-11-26(12-10-25)22(28)21-8-7-18(32-21)15-31-20-6-4-3-5-19(20)27(29)30/h3-8,13H,9-12,14-15H2,1-2H3. The Bertz CT molecular complexity index is 1110. The molecule has 0 aliphatic carbocycles. The van der Waals surface area contributed by atoms with Gasteiger partial charge in [0.1, 0.15) is 12.4 Å². The molecule has 1 aromatic carbocycles. The molecule has 1 aliphatic heterocycles. The summed E-state index contributed by atoms with van der Waals surface area (Å²) in [5.74, 6) is 0.654. The second-order valence-electron chi connectivity index (χ2n) is 7.76. The van der Waals surface area contributed by atoms with Gasteiger partial charge in [0.15, 0.2) is 11.5 Å². The fourth-order valence-electron chi connectivity index (χ4n) is 3.76. The Morgan fingerprint density at radius 1 is 1.19 bits per heavy atom. The van der Waals surface area contributed by atoms with Crippen molar-refractivity contribution < 1.29 is 18.9 Å². The average Bonchev–Trinajstić information content (AvgIpc) is 3.38. The lowest BCUT2D eigenvalue weighted by Crippen LogP contribution is -2.48. The van der Waals surface area contributed by atoms with Crippen LogP contribution in [0.25, 0.3) is 0 Å². The normalized spacial score (nSPS) is 14.5. The molecule has 10 nitrogen and oxygen atoms in total. The molecule has 0 spiro atoms. The van der Waals surface area contributed by atoms with Crippen LogP contribution in [0.15, 0.2) is 47.0 Å². The molecule has 0 atom stereocenters. The maximum atomic E-state index is 12.8. The highest BCUT2D eigenvalue weighted by atomic mass is 16.6. The molecule has 0 unspecified atom stereocenters. The molecular weight excluding hydrogens is 414 g/mol. The van der Waals surface area contributed by atoms with E-state index in [9.17, 15) is 14.9 Å². The number of carbonyl (C=O) groups excluding carboxylic acids is 1. The summed E-state index contributed by atoms with van der Waals surface area (Å²) < 4.78 is 13.0. The summed E-state index contributed by atoms with van der Waals surface area (Å²) in [5, 5.41) is 15.5. The summed E-state index contributed by atoms with van der Waals surface area (Å²) in [6.45, 7) is 5.58. The number of benzene rings is 1. The molecule has 32 heavy (non-hydrogen) atoms. The van der Waals surface area contributed by atoms with Crippen molar-refractivity contribution in [1.82, 2.24) is 19.6 Å². The Hall–Kier alpha value is -3.66. The van der Waals surface area contributed by atoms with Crippen LogP contribution in [0.4, 0.5) is 5.69 Å². The average molecular weight is 439 g/mol. The Morgan fingerprint density at radius 3 is 2.62 bits per heavy atom. The van der Waals surface area contributed by atoms with Gasteiger partial charge >= 0.3 is 5.69 Å². The molecule has 3 heterocycles. The molecule has 0 saturated carbocycles. The highest BCUT2D eigenvalue weighted by Gasteiger charge is 2.25. The molecule has 0 radical (unpaired) electrons. The van der Waals surface area contributed by atoms with Crippen LogP contribution >= 0.6 is 0 Å². The Morgan fingerprint density at radius 2 is 1.94 bits per heavy atom. The van der Waals surface area contributed by atoms with Crippen molar-refractivity contribution >= 4 is 11.6 Å². The number of nitro benzene ring substituents is 1. The largest absolute Gasteiger partial charge is 0.479 e. The first-order valence-corrected chi connectivity index (χ1v) is 10.4. The van der Waals surface area contributed by atoms with Crippen molar-refractivity contribution in [3.05, 3.63) is 75.5 Å². The number of rotatable bonds is 7. The van der Waals surface area contributed by atoms with Gasteiger partial charge in [-0.1, -0.05) is 12.1 Å². The monoisotopic (exact) mass is 439 g/mol. The summed E-state index contributed by atoms with van der Waals surface area (Å²) in [6, 6.07) is 9.41. The predicted molar refractivity (Wildman–Crippen MR) is 115 cm³/mol. The minimum absolute atomic E-state index is 0.00360. The van der Waals surface area contributed by atoms with Crippen LogP contribution in [0.5, 0.6) is 5.75 Å². The molecule has 1 amide bonds. The number of ether oxygens (including phenoxy) is 1. The molecule has 3 aromatic rings. The quantitative estimate of drug-likeness (QED) is 0.411. The first-order valence-electron chi connectivity index (χ1n) is 10.4. The molecule has 1 fully saturated rings. The van der Waals surface area contributed by atoms with E-state index in [1.165, 1.54) is 17.7 Å². The van der Waals surface area contributed by atoms with Crippen molar-refractivity contribution in [1.29, 1.82) is 0 Å². The molecule has 168 valence electrons. The smallest absolute Gasteiger partial charge is 0.310 e. The van der Waals surface area contributed by atoms with Gasteiger partial charge in [0, 0.05) is 57.6 Å². The van der Waals surface area contributed by atoms with Gasteiger partial charge in [0.05, 0.1) is 10.6 Å². The zero-order chi connectivity index (χ0) is 22.7. The Kier molecular flexibility index (Phi) is 6.22. The molecule has 1 saturated heterocycles. The number of hydrogen-bond acceptors (Lipinski definition) is 7. The lowest BCUT2D eigenvalue weighted by Gasteiger charge is -2.34. The van der Waals surface area contributed by atoms with E-state index in [-0.39, 0.29) is 29.7 Å². The van der Waals surface area contributed by atoms with E-state index in [4.69, 9.17) is 9.15 Å². The third-order valence-corrected chi connectivity index (χ3v) is 5.47. The minimum atomic E-state index is -0.498. The number of carbonyl (C=O) groups is 1. The van der Waals surface area contributed by atoms with Gasteiger partial charge in [-0.05, 0) is 25.1 Å². The molecule has 0 bridgehead atoms. The maximum Gasteiger partial charge on any atom is 0.310 e. The summed E-state index contributed by atoms with van der Waals surface area (Å²) in [7, 11) is 1.91. The van der Waals surface area contributed by atoms with Gasteiger partial charge in [-0.25, -0.2) is 0 Å². The molecule has 2 aromatic heterocycles. The van der Waals surface area contributed by atoms with Crippen molar-refractivity contribution in [3.8, 4) is 5.75 Å². The van der Waals surface area contributed by atoms with Crippen LogP contribution in [-0.2, 0) is 20.2 Å². The van der Waals surface area contributed by atoms with E-state index >= 15 is 0 Å². The van der Waals surface area contributed by atoms with Crippen LogP contribution in [0.2, 0.25) is 0 Å². The minimum Gasteiger partial charge on any atom is -0.479 e. The van der Waals surface area contributed by atoms with Gasteiger partial charge in [0.2, 0.25) is 0 Å². The van der Waals surface area contributed by atoms with Crippen LogP contribution < -0.4 is 4.74 Å². The van der Waals surface area contributed by atoms with Gasteiger partial charge in [-0.2, -0.15) is 5.10 Å². The van der Waals surface area contributed by atoms with E-state index in [1.54, 1.807) is 29.2 Å². The highest BCUT2D eigenvalue weighted by molar-refractivity contribution is 5.91. The summed E-state index contributed by atoms with van der Waals surface area (Å²) in [5.41, 5.74) is 2.11. The third-order valence-electron chi connectivity index (χ3n) is 5.47. The van der Waals surface area contributed by atoms with Crippen molar-refractivity contribution in [3.63, 3.8) is 0 Å². The SMILES string of the molecule is Cc1nn(C)cc1CN1CCN(C(=O)c2ccc(COc3ccccc3[N+](=O)[O-])o2)CC1. The zero-order valence-electron chi connectivity index (χ0n) is 18.1. The van der Waals surface area contributed by atoms with Crippen LogP contribution in [0, 0.1) is 17.0 Å². The molecular formula is C22H25N5O5. The fraction of sp³-hybridized carbons (Fsp3) is 0.364. The number of hydrogen-bond donors (Lipinski definition) is 0. The first kappa shape index (κ1) is 21.6. The molecule has 10 heteroatoms. The van der Waals surface area contributed by atoms with Gasteiger partial charge in [-0.15, -0.1) is 0 Å². The van der Waals surface area contributed by atoms with Gasteiger partial charge in [0.25, 0.3) is 5.91 Å².